The van der Waals surface area contributed by atoms with Gasteiger partial charge in [-0.15, -0.1) is 12.4 Å². The van der Waals surface area contributed by atoms with Crippen molar-refractivity contribution in [1.29, 1.82) is 0 Å². The number of benzene rings is 3. The van der Waals surface area contributed by atoms with E-state index in [2.05, 4.69) is 11.4 Å². The monoisotopic (exact) mass is 376 g/mol. The molecule has 1 fully saturated rings. The van der Waals surface area contributed by atoms with E-state index in [-0.39, 0.29) is 12.4 Å². The van der Waals surface area contributed by atoms with Crippen LogP contribution in [0.3, 0.4) is 0 Å². The molecular formula is C19H21ClN2O2S. The van der Waals surface area contributed by atoms with Gasteiger partial charge in [0.2, 0.25) is 10.0 Å². The number of rotatable bonds is 2. The second-order valence-corrected chi connectivity index (χ2v) is 8.03. The molecule has 3 aromatic carbocycles. The molecule has 1 aliphatic rings. The smallest absolute Gasteiger partial charge is 0.244 e. The molecule has 1 N–H and O–H groups in total. The minimum atomic E-state index is -3.55. The average Bonchev–Trinajstić information content (AvgIpc) is 2.89. The lowest BCUT2D eigenvalue weighted by Crippen LogP contribution is -2.34. The summed E-state index contributed by atoms with van der Waals surface area (Å²) < 4.78 is 28.6. The number of hydrogen-bond acceptors (Lipinski definition) is 3. The Morgan fingerprint density at radius 2 is 1.44 bits per heavy atom. The quantitative estimate of drug-likeness (QED) is 0.697. The summed E-state index contributed by atoms with van der Waals surface area (Å²) >= 11 is 0. The number of nitrogens with one attached hydrogen (secondary N) is 1. The molecule has 0 aromatic heterocycles. The number of halogens is 1. The maximum absolute atomic E-state index is 13.5. The molecule has 0 saturated carbocycles. The zero-order chi connectivity index (χ0) is 16.6. The van der Waals surface area contributed by atoms with Crippen molar-refractivity contribution < 1.29 is 8.42 Å². The molecule has 6 heteroatoms. The highest BCUT2D eigenvalue weighted by Crippen LogP contribution is 2.33. The molecule has 0 atom stereocenters. The van der Waals surface area contributed by atoms with Crippen LogP contribution in [-0.2, 0) is 10.0 Å². The minimum Gasteiger partial charge on any atom is -0.315 e. The molecule has 4 rings (SSSR count). The van der Waals surface area contributed by atoms with Gasteiger partial charge in [0.05, 0.1) is 4.90 Å². The predicted molar refractivity (Wildman–Crippen MR) is 105 cm³/mol. The third kappa shape index (κ3) is 3.25. The molecule has 25 heavy (non-hydrogen) atoms. The summed E-state index contributed by atoms with van der Waals surface area (Å²) in [7, 11) is -3.55. The second kappa shape index (κ2) is 7.30. The van der Waals surface area contributed by atoms with Gasteiger partial charge >= 0.3 is 0 Å². The third-order valence-electron chi connectivity index (χ3n) is 4.62. The summed E-state index contributed by atoms with van der Waals surface area (Å²) in [6.07, 6.45) is 0.835. The van der Waals surface area contributed by atoms with E-state index in [4.69, 9.17) is 0 Å². The molecule has 0 bridgehead atoms. The van der Waals surface area contributed by atoms with E-state index in [1.807, 2.05) is 48.5 Å². The van der Waals surface area contributed by atoms with E-state index in [0.717, 1.165) is 34.5 Å². The minimum absolute atomic E-state index is 0. The molecular weight excluding hydrogens is 356 g/mol. The number of hydrogen-bond donors (Lipinski definition) is 1. The maximum atomic E-state index is 13.5. The first-order valence-corrected chi connectivity index (χ1v) is 9.73. The SMILES string of the molecule is Cl.O=S(=O)(c1c2ccccc2cc2ccccc12)N1CCCNCC1. The van der Waals surface area contributed by atoms with Gasteiger partial charge in [0.25, 0.3) is 0 Å². The molecule has 0 radical (unpaired) electrons. The molecule has 3 aromatic rings. The molecule has 0 unspecified atom stereocenters. The van der Waals surface area contributed by atoms with Gasteiger partial charge in [-0.05, 0) is 29.8 Å². The standard InChI is InChI=1S/C19H20N2O2S.ClH/c22-24(23,21-12-5-10-20-11-13-21)19-17-8-3-1-6-15(17)14-16-7-2-4-9-18(16)19;/h1-4,6-9,14,20H,5,10-13H2;1H. The first kappa shape index (κ1) is 18.1. The summed E-state index contributed by atoms with van der Waals surface area (Å²) in [6, 6.07) is 17.5. The Kier molecular flexibility index (Phi) is 5.29. The summed E-state index contributed by atoms with van der Waals surface area (Å²) in [5.74, 6) is 0. The van der Waals surface area contributed by atoms with Gasteiger partial charge in [0, 0.05) is 30.4 Å². The molecule has 132 valence electrons. The van der Waals surface area contributed by atoms with Crippen molar-refractivity contribution in [2.45, 2.75) is 11.3 Å². The van der Waals surface area contributed by atoms with Crippen LogP contribution in [0.25, 0.3) is 21.5 Å². The van der Waals surface area contributed by atoms with Crippen molar-refractivity contribution in [2.75, 3.05) is 26.2 Å². The summed E-state index contributed by atoms with van der Waals surface area (Å²) in [5, 5.41) is 6.79. The van der Waals surface area contributed by atoms with Crippen LogP contribution in [0.15, 0.2) is 59.5 Å². The molecule has 1 aliphatic heterocycles. The Morgan fingerprint density at radius 3 is 2.08 bits per heavy atom. The maximum Gasteiger partial charge on any atom is 0.244 e. The average molecular weight is 377 g/mol. The summed E-state index contributed by atoms with van der Waals surface area (Å²) in [5.41, 5.74) is 0. The van der Waals surface area contributed by atoms with Crippen LogP contribution >= 0.6 is 12.4 Å². The van der Waals surface area contributed by atoms with Gasteiger partial charge in [-0.3, -0.25) is 0 Å². The summed E-state index contributed by atoms with van der Waals surface area (Å²) in [6.45, 7) is 2.64. The molecule has 0 spiro atoms. The van der Waals surface area contributed by atoms with Crippen molar-refractivity contribution in [1.82, 2.24) is 9.62 Å². The van der Waals surface area contributed by atoms with Gasteiger partial charge < -0.3 is 5.32 Å². The fourth-order valence-electron chi connectivity index (χ4n) is 3.44. The first-order chi connectivity index (χ1) is 11.7. The lowest BCUT2D eigenvalue weighted by atomic mass is 10.0. The van der Waals surface area contributed by atoms with Crippen molar-refractivity contribution in [3.63, 3.8) is 0 Å². The third-order valence-corrected chi connectivity index (χ3v) is 6.62. The lowest BCUT2D eigenvalue weighted by molar-refractivity contribution is 0.433. The zero-order valence-corrected chi connectivity index (χ0v) is 15.4. The van der Waals surface area contributed by atoms with Gasteiger partial charge in [0.1, 0.15) is 0 Å². The molecule has 1 saturated heterocycles. The van der Waals surface area contributed by atoms with Crippen LogP contribution in [0, 0.1) is 0 Å². The Bertz CT molecular complexity index is 943. The second-order valence-electron chi connectivity index (χ2n) is 6.16. The zero-order valence-electron chi connectivity index (χ0n) is 13.8. The largest absolute Gasteiger partial charge is 0.315 e. The van der Waals surface area contributed by atoms with Crippen LogP contribution in [0.5, 0.6) is 0 Å². The molecule has 0 aliphatic carbocycles. The normalized spacial score (nSPS) is 16.5. The fourth-order valence-corrected chi connectivity index (χ4v) is 5.33. The fraction of sp³-hybridized carbons (Fsp3) is 0.263. The Labute approximate surface area is 154 Å². The van der Waals surface area contributed by atoms with Gasteiger partial charge in [-0.2, -0.15) is 4.31 Å². The van der Waals surface area contributed by atoms with E-state index in [9.17, 15) is 8.42 Å². The first-order valence-electron chi connectivity index (χ1n) is 8.29. The summed E-state index contributed by atoms with van der Waals surface area (Å²) in [4.78, 5) is 0.443. The van der Waals surface area contributed by atoms with Crippen LogP contribution in [0.1, 0.15) is 6.42 Å². The Morgan fingerprint density at radius 1 is 0.840 bits per heavy atom. The van der Waals surface area contributed by atoms with E-state index in [0.29, 0.717) is 24.5 Å². The lowest BCUT2D eigenvalue weighted by Gasteiger charge is -2.22. The van der Waals surface area contributed by atoms with E-state index < -0.39 is 10.0 Å². The van der Waals surface area contributed by atoms with E-state index in [1.54, 1.807) is 4.31 Å². The molecule has 4 nitrogen and oxygen atoms in total. The van der Waals surface area contributed by atoms with Gasteiger partial charge in [-0.1, -0.05) is 48.5 Å². The van der Waals surface area contributed by atoms with Crippen LogP contribution in [0.2, 0.25) is 0 Å². The highest BCUT2D eigenvalue weighted by atomic mass is 35.5. The molecule has 1 heterocycles. The van der Waals surface area contributed by atoms with Crippen molar-refractivity contribution >= 4 is 44.0 Å². The van der Waals surface area contributed by atoms with Crippen molar-refractivity contribution in [2.24, 2.45) is 0 Å². The number of nitrogens with zero attached hydrogens (tertiary/aromatic N) is 1. The van der Waals surface area contributed by atoms with E-state index >= 15 is 0 Å². The van der Waals surface area contributed by atoms with E-state index in [1.165, 1.54) is 0 Å². The number of fused-ring (bicyclic) bond motifs is 2. The number of sulfonamides is 1. The van der Waals surface area contributed by atoms with Gasteiger partial charge in [0.15, 0.2) is 0 Å². The van der Waals surface area contributed by atoms with Crippen LogP contribution in [-0.4, -0.2) is 38.9 Å². The molecule has 0 amide bonds. The van der Waals surface area contributed by atoms with Crippen LogP contribution < -0.4 is 5.32 Å². The van der Waals surface area contributed by atoms with Crippen LogP contribution in [0.4, 0.5) is 0 Å². The van der Waals surface area contributed by atoms with Gasteiger partial charge in [-0.25, -0.2) is 8.42 Å². The highest BCUT2D eigenvalue weighted by Gasteiger charge is 2.28. The Balaban J connectivity index is 0.00000182. The van der Waals surface area contributed by atoms with Crippen molar-refractivity contribution in [3.05, 3.63) is 54.6 Å². The topological polar surface area (TPSA) is 49.4 Å². The highest BCUT2D eigenvalue weighted by molar-refractivity contribution is 7.89. The predicted octanol–water partition coefficient (Wildman–Crippen LogP) is 3.40. The Hall–Kier alpha value is -1.66. The van der Waals surface area contributed by atoms with Crippen molar-refractivity contribution in [3.8, 4) is 0 Å².